The standard InChI is InChI=1S/C20H36N6S.HI/c1-4-24(5-2)14-17-9-13-26(15-17)19(21-3)22-10-8-18-16-27-20(23-18)25-11-6-7-12-25;/h16-17H,4-15H2,1-3H3,(H,21,22);1H. The van der Waals surface area contributed by atoms with Gasteiger partial charge in [0.1, 0.15) is 0 Å². The molecule has 6 nitrogen and oxygen atoms in total. The summed E-state index contributed by atoms with van der Waals surface area (Å²) in [6.45, 7) is 13.5. The summed E-state index contributed by atoms with van der Waals surface area (Å²) in [6, 6.07) is 0. The minimum absolute atomic E-state index is 0. The molecule has 0 aliphatic carbocycles. The summed E-state index contributed by atoms with van der Waals surface area (Å²) in [4.78, 5) is 16.7. The van der Waals surface area contributed by atoms with E-state index in [4.69, 9.17) is 4.98 Å². The number of hydrogen-bond acceptors (Lipinski definition) is 5. The number of thiazole rings is 1. The lowest BCUT2D eigenvalue weighted by atomic mass is 10.1. The van der Waals surface area contributed by atoms with Crippen molar-refractivity contribution in [3.8, 4) is 0 Å². The van der Waals surface area contributed by atoms with Crippen LogP contribution in [0, 0.1) is 5.92 Å². The molecule has 0 amide bonds. The van der Waals surface area contributed by atoms with Crippen molar-refractivity contribution in [2.75, 3.05) is 64.3 Å². The van der Waals surface area contributed by atoms with E-state index in [1.54, 1.807) is 11.3 Å². The molecule has 1 unspecified atom stereocenters. The molecule has 28 heavy (non-hydrogen) atoms. The Morgan fingerprint density at radius 2 is 2.04 bits per heavy atom. The third-order valence-corrected chi connectivity index (χ3v) is 6.74. The van der Waals surface area contributed by atoms with Crippen molar-refractivity contribution >= 4 is 46.4 Å². The fraction of sp³-hybridized carbons (Fsp3) is 0.800. The Bertz CT molecular complexity index is 597. The Morgan fingerprint density at radius 1 is 1.29 bits per heavy atom. The predicted molar refractivity (Wildman–Crippen MR) is 132 cm³/mol. The van der Waals surface area contributed by atoms with Gasteiger partial charge in [0.25, 0.3) is 0 Å². The van der Waals surface area contributed by atoms with E-state index in [0.717, 1.165) is 51.0 Å². The SMILES string of the molecule is CCN(CC)CC1CCN(C(=NC)NCCc2csc(N3CCCC3)n2)C1.I. The van der Waals surface area contributed by atoms with Gasteiger partial charge in [-0.3, -0.25) is 4.99 Å². The van der Waals surface area contributed by atoms with Crippen LogP contribution in [0.25, 0.3) is 0 Å². The minimum atomic E-state index is 0. The van der Waals surface area contributed by atoms with Gasteiger partial charge >= 0.3 is 0 Å². The number of anilines is 1. The monoisotopic (exact) mass is 520 g/mol. The van der Waals surface area contributed by atoms with Gasteiger partial charge in [-0.15, -0.1) is 35.3 Å². The highest BCUT2D eigenvalue weighted by molar-refractivity contribution is 14.0. The maximum atomic E-state index is 4.82. The van der Waals surface area contributed by atoms with E-state index in [1.807, 2.05) is 7.05 Å². The maximum Gasteiger partial charge on any atom is 0.193 e. The number of aromatic nitrogens is 1. The molecule has 2 saturated heterocycles. The lowest BCUT2D eigenvalue weighted by Gasteiger charge is -2.24. The van der Waals surface area contributed by atoms with Crippen LogP contribution >= 0.6 is 35.3 Å². The number of rotatable bonds is 8. The zero-order valence-electron chi connectivity index (χ0n) is 17.7. The van der Waals surface area contributed by atoms with E-state index in [1.165, 1.54) is 49.7 Å². The third kappa shape index (κ3) is 6.45. The number of nitrogens with zero attached hydrogens (tertiary/aromatic N) is 5. The quantitative estimate of drug-likeness (QED) is 0.324. The Labute approximate surface area is 191 Å². The van der Waals surface area contributed by atoms with Crippen LogP contribution in [0.5, 0.6) is 0 Å². The molecular formula is C20H37IN6S. The molecule has 2 aliphatic heterocycles. The summed E-state index contributed by atoms with van der Waals surface area (Å²) < 4.78 is 0. The second kappa shape index (κ2) is 12.2. The highest BCUT2D eigenvalue weighted by Crippen LogP contribution is 2.24. The van der Waals surface area contributed by atoms with Gasteiger partial charge in [0.2, 0.25) is 0 Å². The van der Waals surface area contributed by atoms with E-state index >= 15 is 0 Å². The van der Waals surface area contributed by atoms with Crippen LogP contribution in [0.3, 0.4) is 0 Å². The fourth-order valence-electron chi connectivity index (χ4n) is 4.12. The summed E-state index contributed by atoms with van der Waals surface area (Å²) in [6.07, 6.45) is 4.83. The second-order valence-electron chi connectivity index (χ2n) is 7.63. The van der Waals surface area contributed by atoms with Gasteiger partial charge < -0.3 is 20.0 Å². The third-order valence-electron chi connectivity index (χ3n) is 5.79. The molecule has 1 N–H and O–H groups in total. The van der Waals surface area contributed by atoms with Crippen LogP contribution in [-0.4, -0.2) is 80.1 Å². The number of nitrogens with one attached hydrogen (secondary N) is 1. The largest absolute Gasteiger partial charge is 0.356 e. The highest BCUT2D eigenvalue weighted by Gasteiger charge is 2.25. The number of hydrogen-bond donors (Lipinski definition) is 1. The van der Waals surface area contributed by atoms with Crippen molar-refractivity contribution < 1.29 is 0 Å². The smallest absolute Gasteiger partial charge is 0.193 e. The van der Waals surface area contributed by atoms with Crippen molar-refractivity contribution in [3.63, 3.8) is 0 Å². The fourth-order valence-corrected chi connectivity index (χ4v) is 5.03. The Hall–Kier alpha value is -0.610. The molecule has 2 fully saturated rings. The first-order valence-corrected chi connectivity index (χ1v) is 11.5. The van der Waals surface area contributed by atoms with Gasteiger partial charge in [-0.1, -0.05) is 13.8 Å². The molecule has 0 aromatic carbocycles. The van der Waals surface area contributed by atoms with E-state index in [-0.39, 0.29) is 24.0 Å². The average molecular weight is 521 g/mol. The zero-order chi connectivity index (χ0) is 19.1. The lowest BCUT2D eigenvalue weighted by Crippen LogP contribution is -2.41. The van der Waals surface area contributed by atoms with Crippen LogP contribution in [0.15, 0.2) is 10.4 Å². The van der Waals surface area contributed by atoms with Gasteiger partial charge in [0.05, 0.1) is 5.69 Å². The summed E-state index contributed by atoms with van der Waals surface area (Å²) in [5, 5.41) is 6.97. The molecular weight excluding hydrogens is 483 g/mol. The summed E-state index contributed by atoms with van der Waals surface area (Å²) in [5.41, 5.74) is 1.20. The van der Waals surface area contributed by atoms with Crippen molar-refractivity contribution in [3.05, 3.63) is 11.1 Å². The molecule has 3 heterocycles. The Balaban J connectivity index is 0.00000280. The van der Waals surface area contributed by atoms with Gasteiger partial charge in [0.15, 0.2) is 11.1 Å². The summed E-state index contributed by atoms with van der Waals surface area (Å²) >= 11 is 1.79. The zero-order valence-corrected chi connectivity index (χ0v) is 20.8. The molecule has 2 aliphatic rings. The average Bonchev–Trinajstić information content (AvgIpc) is 3.44. The Morgan fingerprint density at radius 3 is 2.71 bits per heavy atom. The molecule has 0 bridgehead atoms. The Kier molecular flexibility index (Phi) is 10.3. The van der Waals surface area contributed by atoms with Gasteiger partial charge in [-0.05, 0) is 38.3 Å². The maximum absolute atomic E-state index is 4.82. The molecule has 0 radical (unpaired) electrons. The van der Waals surface area contributed by atoms with Crippen LogP contribution in [0.1, 0.15) is 38.8 Å². The van der Waals surface area contributed by atoms with Gasteiger partial charge in [-0.25, -0.2) is 4.98 Å². The molecule has 3 rings (SSSR count). The molecule has 8 heteroatoms. The lowest BCUT2D eigenvalue weighted by molar-refractivity contribution is 0.255. The molecule has 1 aromatic rings. The number of guanidine groups is 1. The molecule has 1 atom stereocenters. The first-order chi connectivity index (χ1) is 13.2. The van der Waals surface area contributed by atoms with E-state index < -0.39 is 0 Å². The van der Waals surface area contributed by atoms with Crippen LogP contribution in [0.4, 0.5) is 5.13 Å². The van der Waals surface area contributed by atoms with Crippen molar-refractivity contribution in [1.29, 1.82) is 0 Å². The van der Waals surface area contributed by atoms with E-state index in [9.17, 15) is 0 Å². The number of aliphatic imine (C=N–C) groups is 1. The van der Waals surface area contributed by atoms with Crippen LogP contribution < -0.4 is 10.2 Å². The van der Waals surface area contributed by atoms with Gasteiger partial charge in [-0.2, -0.15) is 0 Å². The predicted octanol–water partition coefficient (Wildman–Crippen LogP) is 3.14. The highest BCUT2D eigenvalue weighted by atomic mass is 127. The van der Waals surface area contributed by atoms with Crippen molar-refractivity contribution in [2.45, 2.75) is 39.5 Å². The van der Waals surface area contributed by atoms with Gasteiger partial charge in [0, 0.05) is 58.1 Å². The van der Waals surface area contributed by atoms with E-state index in [2.05, 4.69) is 44.2 Å². The first-order valence-electron chi connectivity index (χ1n) is 10.6. The second-order valence-corrected chi connectivity index (χ2v) is 8.46. The summed E-state index contributed by atoms with van der Waals surface area (Å²) in [5.74, 6) is 1.80. The molecule has 0 spiro atoms. The molecule has 0 saturated carbocycles. The topological polar surface area (TPSA) is 47.0 Å². The minimum Gasteiger partial charge on any atom is -0.356 e. The number of likely N-dealkylation sites (tertiary alicyclic amines) is 1. The first kappa shape index (κ1) is 23.7. The number of halogens is 1. The molecule has 160 valence electrons. The summed E-state index contributed by atoms with van der Waals surface area (Å²) in [7, 11) is 1.90. The van der Waals surface area contributed by atoms with Crippen molar-refractivity contribution in [2.24, 2.45) is 10.9 Å². The van der Waals surface area contributed by atoms with Crippen molar-refractivity contribution in [1.82, 2.24) is 20.1 Å². The van der Waals surface area contributed by atoms with Crippen LogP contribution in [-0.2, 0) is 6.42 Å². The van der Waals surface area contributed by atoms with E-state index in [0.29, 0.717) is 0 Å². The normalized spacial score (nSPS) is 20.1. The molecule has 1 aromatic heterocycles. The van der Waals surface area contributed by atoms with Crippen LogP contribution in [0.2, 0.25) is 0 Å².